The summed E-state index contributed by atoms with van der Waals surface area (Å²) < 4.78 is 44.4. The Labute approximate surface area is 170 Å². The van der Waals surface area contributed by atoms with E-state index in [4.69, 9.17) is 4.42 Å². The number of aromatic nitrogens is 3. The van der Waals surface area contributed by atoms with Gasteiger partial charge in [0.1, 0.15) is 11.6 Å². The number of alkyl halides is 3. The number of amides is 1. The summed E-state index contributed by atoms with van der Waals surface area (Å²) in [6.45, 7) is 4.81. The number of hydrogen-bond donors (Lipinski definition) is 1. The maximum absolute atomic E-state index is 12.9. The van der Waals surface area contributed by atoms with Crippen LogP contribution in [0.2, 0.25) is 0 Å². The third kappa shape index (κ3) is 4.38. The highest BCUT2D eigenvalue weighted by Crippen LogP contribution is 2.32. The second kappa shape index (κ2) is 7.94. The molecule has 3 heterocycles. The highest BCUT2D eigenvalue weighted by atomic mass is 19.4. The van der Waals surface area contributed by atoms with Crippen LogP contribution in [0.3, 0.4) is 0 Å². The van der Waals surface area contributed by atoms with Gasteiger partial charge < -0.3 is 9.32 Å². The standard InChI is InChI=1S/C20H20F3N5O2/c1-13-24-18(26-25-13)12-27-7-9-28(10-8-27)19(29)17-6-5-16(30-17)14-3-2-4-15(11-14)20(21,22)23/h2-6,11H,7-10,12H2,1H3,(H,24,25,26). The van der Waals surface area contributed by atoms with Gasteiger partial charge >= 0.3 is 6.18 Å². The summed E-state index contributed by atoms with van der Waals surface area (Å²) in [4.78, 5) is 20.9. The first-order valence-electron chi connectivity index (χ1n) is 9.46. The summed E-state index contributed by atoms with van der Waals surface area (Å²) >= 11 is 0. The molecule has 1 aromatic carbocycles. The maximum Gasteiger partial charge on any atom is 0.416 e. The van der Waals surface area contributed by atoms with E-state index >= 15 is 0 Å². The highest BCUT2D eigenvalue weighted by Gasteiger charge is 2.31. The molecule has 7 nitrogen and oxygen atoms in total. The van der Waals surface area contributed by atoms with Gasteiger partial charge in [0.15, 0.2) is 11.6 Å². The average molecular weight is 419 g/mol. The molecule has 0 unspecified atom stereocenters. The average Bonchev–Trinajstić information content (AvgIpc) is 3.37. The predicted octanol–water partition coefficient (Wildman–Crippen LogP) is 3.35. The van der Waals surface area contributed by atoms with Crippen molar-refractivity contribution in [3.63, 3.8) is 0 Å². The number of furan rings is 1. The molecule has 1 aliphatic heterocycles. The number of piperazine rings is 1. The van der Waals surface area contributed by atoms with Crippen LogP contribution in [-0.4, -0.2) is 57.1 Å². The molecule has 0 atom stereocenters. The molecule has 1 N–H and O–H groups in total. The van der Waals surface area contributed by atoms with E-state index in [9.17, 15) is 18.0 Å². The number of nitrogens with one attached hydrogen (secondary N) is 1. The number of H-pyrrole nitrogens is 1. The quantitative estimate of drug-likeness (QED) is 0.702. The molecule has 2 aromatic heterocycles. The molecule has 158 valence electrons. The van der Waals surface area contributed by atoms with Gasteiger partial charge in [-0.2, -0.15) is 18.3 Å². The van der Waals surface area contributed by atoms with Gasteiger partial charge in [-0.25, -0.2) is 4.98 Å². The molecule has 0 spiro atoms. The minimum Gasteiger partial charge on any atom is -0.451 e. The molecule has 1 saturated heterocycles. The Morgan fingerprint density at radius 1 is 1.17 bits per heavy atom. The Bertz CT molecular complexity index is 1030. The van der Waals surface area contributed by atoms with E-state index in [1.54, 1.807) is 4.90 Å². The molecule has 0 bridgehead atoms. The molecule has 10 heteroatoms. The Kier molecular flexibility index (Phi) is 5.33. The lowest BCUT2D eigenvalue weighted by Crippen LogP contribution is -2.48. The van der Waals surface area contributed by atoms with Crippen LogP contribution in [0.15, 0.2) is 40.8 Å². The van der Waals surface area contributed by atoms with Crippen molar-refractivity contribution in [2.24, 2.45) is 0 Å². The van der Waals surface area contributed by atoms with Gasteiger partial charge in [0.05, 0.1) is 12.1 Å². The number of carbonyl (C=O) groups excluding carboxylic acids is 1. The van der Waals surface area contributed by atoms with E-state index in [1.807, 2.05) is 6.92 Å². The van der Waals surface area contributed by atoms with Gasteiger partial charge in [0, 0.05) is 31.7 Å². The third-order valence-corrected chi connectivity index (χ3v) is 4.96. The molecule has 1 aliphatic rings. The lowest BCUT2D eigenvalue weighted by Gasteiger charge is -2.33. The first kappa shape index (κ1) is 20.1. The van der Waals surface area contributed by atoms with Crippen LogP contribution in [0, 0.1) is 6.92 Å². The van der Waals surface area contributed by atoms with Gasteiger partial charge in [-0.05, 0) is 31.2 Å². The summed E-state index contributed by atoms with van der Waals surface area (Å²) in [5.74, 6) is 1.53. The second-order valence-electron chi connectivity index (χ2n) is 7.15. The SMILES string of the molecule is Cc1nc(CN2CCN(C(=O)c3ccc(-c4cccc(C(F)(F)F)c4)o3)CC2)n[nH]1. The summed E-state index contributed by atoms with van der Waals surface area (Å²) in [7, 11) is 0. The van der Waals surface area contributed by atoms with Crippen molar-refractivity contribution in [2.45, 2.75) is 19.6 Å². The summed E-state index contributed by atoms with van der Waals surface area (Å²) in [6.07, 6.45) is -4.44. The molecule has 0 aliphatic carbocycles. The van der Waals surface area contributed by atoms with E-state index in [0.29, 0.717) is 38.5 Å². The minimum atomic E-state index is -4.44. The van der Waals surface area contributed by atoms with Crippen LogP contribution in [0.5, 0.6) is 0 Å². The van der Waals surface area contributed by atoms with Gasteiger partial charge in [-0.1, -0.05) is 12.1 Å². The lowest BCUT2D eigenvalue weighted by molar-refractivity contribution is -0.137. The summed E-state index contributed by atoms with van der Waals surface area (Å²) in [5.41, 5.74) is -0.488. The van der Waals surface area contributed by atoms with Gasteiger partial charge in [-0.15, -0.1) is 0 Å². The zero-order valence-corrected chi connectivity index (χ0v) is 16.2. The number of carbonyl (C=O) groups is 1. The van der Waals surface area contributed by atoms with E-state index in [-0.39, 0.29) is 23.0 Å². The van der Waals surface area contributed by atoms with Crippen LogP contribution in [-0.2, 0) is 12.7 Å². The van der Waals surface area contributed by atoms with Crippen molar-refractivity contribution < 1.29 is 22.4 Å². The van der Waals surface area contributed by atoms with Crippen molar-refractivity contribution in [3.05, 3.63) is 59.4 Å². The number of hydrogen-bond acceptors (Lipinski definition) is 5. The number of halogens is 3. The molecule has 1 fully saturated rings. The molecule has 3 aromatic rings. The van der Waals surface area contributed by atoms with Crippen LogP contribution < -0.4 is 0 Å². The first-order valence-corrected chi connectivity index (χ1v) is 9.46. The molecular formula is C20H20F3N5O2. The Balaban J connectivity index is 1.39. The monoisotopic (exact) mass is 419 g/mol. The normalized spacial score (nSPS) is 15.5. The molecule has 4 rings (SSSR count). The highest BCUT2D eigenvalue weighted by molar-refractivity contribution is 5.92. The van der Waals surface area contributed by atoms with Gasteiger partial charge in [0.2, 0.25) is 0 Å². The van der Waals surface area contributed by atoms with Crippen molar-refractivity contribution in [1.29, 1.82) is 0 Å². The number of nitrogens with zero attached hydrogens (tertiary/aromatic N) is 4. The van der Waals surface area contributed by atoms with E-state index in [1.165, 1.54) is 24.3 Å². The van der Waals surface area contributed by atoms with E-state index in [2.05, 4.69) is 20.1 Å². The molecular weight excluding hydrogens is 399 g/mol. The summed E-state index contributed by atoms with van der Waals surface area (Å²) in [5, 5.41) is 6.93. The fourth-order valence-corrected chi connectivity index (χ4v) is 3.38. The van der Waals surface area contributed by atoms with Crippen molar-refractivity contribution >= 4 is 5.91 Å². The molecule has 0 radical (unpaired) electrons. The van der Waals surface area contributed by atoms with E-state index in [0.717, 1.165) is 18.0 Å². The largest absolute Gasteiger partial charge is 0.451 e. The number of aromatic amines is 1. The maximum atomic E-state index is 12.9. The van der Waals surface area contributed by atoms with Crippen LogP contribution in [0.1, 0.15) is 27.8 Å². The Morgan fingerprint density at radius 3 is 2.60 bits per heavy atom. The van der Waals surface area contributed by atoms with Crippen LogP contribution >= 0.6 is 0 Å². The fraction of sp³-hybridized carbons (Fsp3) is 0.350. The first-order chi connectivity index (χ1) is 14.3. The Morgan fingerprint density at radius 2 is 1.93 bits per heavy atom. The van der Waals surface area contributed by atoms with Crippen molar-refractivity contribution in [1.82, 2.24) is 25.0 Å². The van der Waals surface area contributed by atoms with Crippen molar-refractivity contribution in [3.8, 4) is 11.3 Å². The topological polar surface area (TPSA) is 78.3 Å². The number of aryl methyl sites for hydroxylation is 1. The van der Waals surface area contributed by atoms with Gasteiger partial charge in [-0.3, -0.25) is 14.8 Å². The zero-order valence-electron chi connectivity index (χ0n) is 16.2. The fourth-order valence-electron chi connectivity index (χ4n) is 3.38. The van der Waals surface area contributed by atoms with Crippen LogP contribution in [0.25, 0.3) is 11.3 Å². The van der Waals surface area contributed by atoms with Crippen molar-refractivity contribution in [2.75, 3.05) is 26.2 Å². The van der Waals surface area contributed by atoms with Gasteiger partial charge in [0.25, 0.3) is 5.91 Å². The summed E-state index contributed by atoms with van der Waals surface area (Å²) in [6, 6.07) is 7.86. The zero-order chi connectivity index (χ0) is 21.3. The lowest BCUT2D eigenvalue weighted by atomic mass is 10.1. The second-order valence-corrected chi connectivity index (χ2v) is 7.15. The Hall–Kier alpha value is -3.14. The number of benzene rings is 1. The third-order valence-electron chi connectivity index (χ3n) is 4.96. The van der Waals surface area contributed by atoms with E-state index < -0.39 is 11.7 Å². The number of rotatable bonds is 4. The smallest absolute Gasteiger partial charge is 0.416 e. The van der Waals surface area contributed by atoms with Crippen LogP contribution in [0.4, 0.5) is 13.2 Å². The molecule has 1 amide bonds. The minimum absolute atomic E-state index is 0.112. The molecule has 0 saturated carbocycles. The molecule has 30 heavy (non-hydrogen) atoms. The predicted molar refractivity (Wildman–Crippen MR) is 101 cm³/mol.